The van der Waals surface area contributed by atoms with Crippen LogP contribution in [0.15, 0.2) is 94.4 Å². The monoisotopic (exact) mass is 1060 g/mol. The van der Waals surface area contributed by atoms with Gasteiger partial charge in [-0.3, -0.25) is 9.97 Å². The maximum absolute atomic E-state index is 12.9. The molecule has 2 aromatic carbocycles. The smallest absolute Gasteiger partial charge is 0.224 e. The first-order valence-corrected chi connectivity index (χ1v) is 25.8. The Morgan fingerprint density at radius 2 is 1.20 bits per heavy atom. The number of nitrogens with zero attached hydrogens (tertiary/aromatic N) is 6. The molecule has 61 heavy (non-hydrogen) atoms. The number of nitrogens with two attached hydrogens (primary N) is 1. The zero-order chi connectivity index (χ0) is 44.6. The highest BCUT2D eigenvalue weighted by molar-refractivity contribution is 9.11. The van der Waals surface area contributed by atoms with E-state index in [0.717, 1.165) is 35.4 Å². The van der Waals surface area contributed by atoms with Crippen LogP contribution in [0.1, 0.15) is 27.2 Å². The van der Waals surface area contributed by atoms with E-state index >= 15 is 0 Å². The van der Waals surface area contributed by atoms with Gasteiger partial charge in [-0.15, -0.1) is 0 Å². The van der Waals surface area contributed by atoms with Gasteiger partial charge in [0.1, 0.15) is 36.8 Å². The number of methoxy groups -OCH3 is 2. The summed E-state index contributed by atoms with van der Waals surface area (Å²) in [5.41, 5.74) is 10.5. The van der Waals surface area contributed by atoms with E-state index in [0.29, 0.717) is 60.0 Å². The van der Waals surface area contributed by atoms with Crippen LogP contribution in [-0.2, 0) is 9.13 Å². The first-order valence-electron chi connectivity index (χ1n) is 17.9. The molecule has 0 amide bonds. The Bertz CT molecular complexity index is 2430. The van der Waals surface area contributed by atoms with Gasteiger partial charge >= 0.3 is 0 Å². The highest BCUT2D eigenvalue weighted by atomic mass is 79.9. The molecule has 0 aliphatic rings. The molecule has 328 valence electrons. The second-order valence-corrected chi connectivity index (χ2v) is 22.3. The first-order chi connectivity index (χ1) is 28.3. The van der Waals surface area contributed by atoms with Crippen LogP contribution in [0.25, 0.3) is 22.5 Å². The minimum atomic E-state index is -2.59. The normalized spacial score (nSPS) is 10.6. The average Bonchev–Trinajstić information content (AvgIpc) is 3.21. The van der Waals surface area contributed by atoms with E-state index in [-0.39, 0.29) is 18.0 Å². The highest BCUT2D eigenvalue weighted by Crippen LogP contribution is 2.41. The van der Waals surface area contributed by atoms with Crippen molar-refractivity contribution >= 4 is 109 Å². The zero-order valence-corrected chi connectivity index (χ0v) is 41.1. The summed E-state index contributed by atoms with van der Waals surface area (Å²) in [4.78, 5) is 24.1. The van der Waals surface area contributed by atoms with Gasteiger partial charge in [0.25, 0.3) is 0 Å². The molecule has 4 aromatic heterocycles. The van der Waals surface area contributed by atoms with Gasteiger partial charge in [-0.25, -0.2) is 15.0 Å². The topological polar surface area (TPSA) is 188 Å². The third-order valence-corrected chi connectivity index (χ3v) is 13.0. The number of halogens is 5. The molecule has 4 N–H and O–H groups in total. The molecule has 13 nitrogen and oxygen atoms in total. The van der Waals surface area contributed by atoms with Crippen molar-refractivity contribution < 1.29 is 23.7 Å². The fourth-order valence-electron chi connectivity index (χ4n) is 4.80. The van der Waals surface area contributed by atoms with Crippen LogP contribution in [-0.4, -0.2) is 82.5 Å². The molecule has 20 heteroatoms. The number of anilines is 3. The van der Waals surface area contributed by atoms with Crippen LogP contribution in [0.3, 0.4) is 0 Å². The van der Waals surface area contributed by atoms with Crippen LogP contribution in [0.4, 0.5) is 17.2 Å². The number of nitrogen functional groups attached to an aromatic ring is 1. The Balaban J connectivity index is 0.000000325. The van der Waals surface area contributed by atoms with Crippen molar-refractivity contribution in [1.82, 2.24) is 29.9 Å². The highest BCUT2D eigenvalue weighted by Gasteiger charge is 2.20. The summed E-state index contributed by atoms with van der Waals surface area (Å²) in [7, 11) is -1.79. The maximum Gasteiger partial charge on any atom is 0.224 e. The lowest BCUT2D eigenvalue weighted by Gasteiger charge is -2.17. The third kappa shape index (κ3) is 17.2. The SMILES string of the molecule is C.CCCCO.COc1ccc(-c2ccc(N)c(P(C)(C)=O)c2)nc1.COc1ccc(-c2ccc(Nc3nc(Cl)ncc3Br)c(P(C)(C)=O)c2)nc1.Clc1ncc(Br)c(Cl)n1. The predicted octanol–water partition coefficient (Wildman–Crippen LogP) is 11.5. The molecule has 0 bridgehead atoms. The second-order valence-electron chi connectivity index (χ2n) is 13.2. The summed E-state index contributed by atoms with van der Waals surface area (Å²) in [5.74, 6) is 1.88. The van der Waals surface area contributed by atoms with Crippen molar-refractivity contribution in [1.29, 1.82) is 0 Å². The van der Waals surface area contributed by atoms with Gasteiger partial charge in [0, 0.05) is 46.4 Å². The largest absolute Gasteiger partial charge is 0.495 e. The van der Waals surface area contributed by atoms with Crippen molar-refractivity contribution in [2.75, 3.05) is 58.5 Å². The number of aliphatic hydroxyl groups is 1. The molecular formula is C41H49Br2Cl3N8O5P2. The number of pyridine rings is 2. The lowest BCUT2D eigenvalue weighted by Crippen LogP contribution is -2.11. The van der Waals surface area contributed by atoms with Crippen molar-refractivity contribution in [2.24, 2.45) is 0 Å². The molecule has 4 heterocycles. The van der Waals surface area contributed by atoms with Crippen molar-refractivity contribution in [2.45, 2.75) is 27.2 Å². The molecule has 0 spiro atoms. The van der Waals surface area contributed by atoms with Crippen molar-refractivity contribution in [3.05, 3.63) is 110 Å². The van der Waals surface area contributed by atoms with Gasteiger partial charge in [0.15, 0.2) is 0 Å². The summed E-state index contributed by atoms with van der Waals surface area (Å²) in [5, 5.41) is 13.3. The number of unbranched alkanes of at least 4 members (excludes halogenated alkanes) is 1. The van der Waals surface area contributed by atoms with E-state index in [1.807, 2.05) is 54.6 Å². The standard InChI is InChI=1S/C18H17BrClN4O2P.C14H17N2O2P.C4HBrCl2N2.C4H10O.CH4/c1-26-12-5-7-14(21-9-12)11-4-6-15(16(8-11)27(2,3)25)23-17-13(19)10-22-18(20)24-17;1-18-11-5-7-13(16-9-11)10-4-6-12(15)14(8-10)19(2,3)17;5-2-1-8-4(7)9-3(2)6;1-2-3-4-5;/h4-10H,1-3H3,(H,22,23,24);4-9H,15H2,1-3H3;1H;5H,2-4H2,1H3;1H4. The molecule has 0 aliphatic carbocycles. The van der Waals surface area contributed by atoms with Crippen LogP contribution in [0, 0.1) is 0 Å². The molecule has 0 unspecified atom stereocenters. The Kier molecular flexibility index (Phi) is 22.3. The van der Waals surface area contributed by atoms with Gasteiger partial charge in [0.2, 0.25) is 10.6 Å². The molecule has 0 saturated carbocycles. The number of benzene rings is 2. The summed E-state index contributed by atoms with van der Waals surface area (Å²) in [6.07, 6.45) is 8.40. The number of ether oxygens (including phenoxy) is 2. The predicted molar refractivity (Wildman–Crippen MR) is 262 cm³/mol. The van der Waals surface area contributed by atoms with Crippen molar-refractivity contribution in [3.8, 4) is 34.0 Å². The average molecular weight is 1060 g/mol. The van der Waals surface area contributed by atoms with Gasteiger partial charge in [0.05, 0.1) is 52.6 Å². The molecule has 0 atom stereocenters. The number of nitrogens with one attached hydrogen (secondary N) is 1. The van der Waals surface area contributed by atoms with Crippen LogP contribution >= 0.6 is 80.9 Å². The molecule has 0 fully saturated rings. The summed E-state index contributed by atoms with van der Waals surface area (Å²) >= 11 is 23.3. The van der Waals surface area contributed by atoms with Gasteiger partial charge in [-0.2, -0.15) is 4.98 Å². The number of rotatable bonds is 10. The fraction of sp³-hybridized carbons (Fsp3) is 0.268. The number of hydrogen-bond acceptors (Lipinski definition) is 13. The van der Waals surface area contributed by atoms with Gasteiger partial charge < -0.3 is 34.8 Å². The van der Waals surface area contributed by atoms with Crippen LogP contribution in [0.5, 0.6) is 11.5 Å². The minimum absolute atomic E-state index is 0. The zero-order valence-electron chi connectivity index (χ0n) is 33.8. The maximum atomic E-state index is 12.9. The number of aliphatic hydroxyl groups excluding tert-OH is 1. The lowest BCUT2D eigenvalue weighted by molar-refractivity contribution is 0.287. The number of hydrogen-bond donors (Lipinski definition) is 3. The van der Waals surface area contributed by atoms with Crippen LogP contribution < -0.4 is 31.1 Å². The minimum Gasteiger partial charge on any atom is -0.495 e. The van der Waals surface area contributed by atoms with Gasteiger partial charge in [-0.05, 0) is 137 Å². The first kappa shape index (κ1) is 53.5. The van der Waals surface area contributed by atoms with E-state index in [4.69, 9.17) is 55.1 Å². The third-order valence-electron chi connectivity index (χ3n) is 7.88. The Morgan fingerprint density at radius 3 is 1.61 bits per heavy atom. The van der Waals surface area contributed by atoms with Crippen LogP contribution in [0.2, 0.25) is 15.7 Å². The number of aromatic nitrogens is 6. The second kappa shape index (κ2) is 25.5. The Hall–Kier alpha value is -3.65. The molecule has 0 aliphatic heterocycles. The summed E-state index contributed by atoms with van der Waals surface area (Å²) < 4.78 is 36.6. The quantitative estimate of drug-likeness (QED) is 0.0509. The van der Waals surface area contributed by atoms with Crippen molar-refractivity contribution in [3.63, 3.8) is 0 Å². The fourth-order valence-corrected chi connectivity index (χ4v) is 8.03. The molecule has 0 radical (unpaired) electrons. The van der Waals surface area contributed by atoms with E-state index < -0.39 is 14.3 Å². The van der Waals surface area contributed by atoms with E-state index in [9.17, 15) is 9.13 Å². The summed E-state index contributed by atoms with van der Waals surface area (Å²) in [6.45, 7) is 9.27. The molecule has 6 aromatic rings. The molecule has 6 rings (SSSR count). The molecule has 0 saturated heterocycles. The molecular weight excluding hydrogens is 1010 g/mol. The van der Waals surface area contributed by atoms with E-state index in [1.165, 1.54) is 6.20 Å². The van der Waals surface area contributed by atoms with E-state index in [2.05, 4.69) is 74.0 Å². The Labute approximate surface area is 389 Å². The van der Waals surface area contributed by atoms with Gasteiger partial charge in [-0.1, -0.05) is 44.5 Å². The van der Waals surface area contributed by atoms with E-state index in [1.54, 1.807) is 65.5 Å². The lowest BCUT2D eigenvalue weighted by atomic mass is 10.1. The Morgan fingerprint density at radius 1 is 0.705 bits per heavy atom. The summed E-state index contributed by atoms with van der Waals surface area (Å²) in [6, 6.07) is 18.6.